The fourth-order valence-corrected chi connectivity index (χ4v) is 4.60. The van der Waals surface area contributed by atoms with Gasteiger partial charge in [-0.15, -0.1) is 0 Å². The second-order valence-corrected chi connectivity index (χ2v) is 9.16. The predicted molar refractivity (Wildman–Crippen MR) is 118 cm³/mol. The smallest absolute Gasteiger partial charge is 0.279 e. The zero-order chi connectivity index (χ0) is 19.4. The van der Waals surface area contributed by atoms with Gasteiger partial charge < -0.3 is 9.30 Å². The highest BCUT2D eigenvalue weighted by molar-refractivity contribution is 9.10. The number of halogens is 1. The van der Waals surface area contributed by atoms with Gasteiger partial charge in [0.1, 0.15) is 5.75 Å². The molecule has 0 saturated heterocycles. The molecular formula is C20H21BrN2O2S2. The minimum absolute atomic E-state index is 0.101. The van der Waals surface area contributed by atoms with Gasteiger partial charge in [0.25, 0.3) is 5.91 Å². The molecule has 0 radical (unpaired) electrons. The summed E-state index contributed by atoms with van der Waals surface area (Å²) in [5.74, 6) is 1.47. The second kappa shape index (κ2) is 9.08. The summed E-state index contributed by atoms with van der Waals surface area (Å²) in [4.78, 5) is 17.8. The number of carbonyl (C=O) groups excluding carboxylic acids is 1. The number of fused-ring (bicyclic) bond motifs is 1. The van der Waals surface area contributed by atoms with Crippen LogP contribution in [0.4, 0.5) is 0 Å². The summed E-state index contributed by atoms with van der Waals surface area (Å²) in [6, 6.07) is 13.3. The Morgan fingerprint density at radius 2 is 2.00 bits per heavy atom. The largest absolute Gasteiger partial charge is 0.491 e. The maximum atomic E-state index is 12.7. The molecule has 7 heteroatoms. The van der Waals surface area contributed by atoms with Crippen molar-refractivity contribution in [1.82, 2.24) is 4.57 Å². The number of amides is 1. The van der Waals surface area contributed by atoms with E-state index >= 15 is 0 Å². The molecule has 0 aliphatic heterocycles. The van der Waals surface area contributed by atoms with Gasteiger partial charge >= 0.3 is 0 Å². The molecule has 1 aromatic heterocycles. The Balaban J connectivity index is 1.97. The Hall–Kier alpha value is -1.57. The molecule has 3 aromatic rings. The molecule has 0 spiro atoms. The lowest BCUT2D eigenvalue weighted by atomic mass is 10.2. The van der Waals surface area contributed by atoms with Crippen LogP contribution in [-0.4, -0.2) is 28.6 Å². The molecule has 0 fully saturated rings. The van der Waals surface area contributed by atoms with Gasteiger partial charge in [0.2, 0.25) is 0 Å². The molecule has 1 amide bonds. The standard InChI is InChI=1S/C20H21BrN2O2S2/c1-13(2)25-16-7-4-14(5-8-16)19(24)22-20-23(10-11-26-3)17-9-6-15(21)12-18(17)27-20/h4-9,12-13H,10-11H2,1-3H3. The van der Waals surface area contributed by atoms with E-state index in [-0.39, 0.29) is 12.0 Å². The first-order chi connectivity index (χ1) is 13.0. The molecule has 0 unspecified atom stereocenters. The number of rotatable bonds is 6. The van der Waals surface area contributed by atoms with E-state index in [1.54, 1.807) is 23.9 Å². The molecule has 0 N–H and O–H groups in total. The normalized spacial score (nSPS) is 12.1. The molecule has 0 aliphatic carbocycles. The SMILES string of the molecule is CSCCn1c(=NC(=O)c2ccc(OC(C)C)cc2)sc2cc(Br)ccc21. The number of aryl methyl sites for hydroxylation is 1. The van der Waals surface area contributed by atoms with Gasteiger partial charge in [-0.3, -0.25) is 4.79 Å². The summed E-state index contributed by atoms with van der Waals surface area (Å²) < 4.78 is 9.88. The first-order valence-corrected chi connectivity index (χ1v) is 11.6. The predicted octanol–water partition coefficient (Wildman–Crippen LogP) is 5.36. The summed E-state index contributed by atoms with van der Waals surface area (Å²) in [5, 5.41) is 0. The third kappa shape index (κ3) is 5.03. The Morgan fingerprint density at radius 3 is 2.67 bits per heavy atom. The Bertz CT molecular complexity index is 1010. The monoisotopic (exact) mass is 464 g/mol. The van der Waals surface area contributed by atoms with Crippen molar-refractivity contribution in [2.45, 2.75) is 26.5 Å². The highest BCUT2D eigenvalue weighted by Gasteiger charge is 2.10. The van der Waals surface area contributed by atoms with E-state index in [1.165, 1.54) is 11.3 Å². The number of ether oxygens (including phenoxy) is 1. The van der Waals surface area contributed by atoms with Crippen molar-refractivity contribution in [3.63, 3.8) is 0 Å². The third-order valence-corrected chi connectivity index (χ3v) is 5.96. The molecule has 1 heterocycles. The Labute approximate surface area is 175 Å². The van der Waals surface area contributed by atoms with Crippen molar-refractivity contribution in [3.8, 4) is 5.75 Å². The highest BCUT2D eigenvalue weighted by Crippen LogP contribution is 2.22. The molecule has 0 bridgehead atoms. The van der Waals surface area contributed by atoms with Gasteiger partial charge in [-0.2, -0.15) is 16.8 Å². The number of nitrogens with zero attached hydrogens (tertiary/aromatic N) is 2. The summed E-state index contributed by atoms with van der Waals surface area (Å²) in [7, 11) is 0. The number of hydrogen-bond acceptors (Lipinski definition) is 4. The number of carbonyl (C=O) groups is 1. The van der Waals surface area contributed by atoms with Gasteiger partial charge in [-0.25, -0.2) is 0 Å². The van der Waals surface area contributed by atoms with Gasteiger partial charge in [0, 0.05) is 22.3 Å². The maximum absolute atomic E-state index is 12.7. The number of hydrogen-bond donors (Lipinski definition) is 0. The van der Waals surface area contributed by atoms with E-state index in [4.69, 9.17) is 4.74 Å². The van der Waals surface area contributed by atoms with E-state index in [9.17, 15) is 4.79 Å². The van der Waals surface area contributed by atoms with E-state index < -0.39 is 0 Å². The number of aromatic nitrogens is 1. The molecule has 0 saturated carbocycles. The van der Waals surface area contributed by atoms with Gasteiger partial charge in [-0.05, 0) is 62.6 Å². The third-order valence-electron chi connectivity index (χ3n) is 3.83. The fourth-order valence-electron chi connectivity index (χ4n) is 2.63. The Kier molecular flexibility index (Phi) is 6.78. The number of thioether (sulfide) groups is 1. The van der Waals surface area contributed by atoms with E-state index in [0.717, 1.165) is 37.5 Å². The summed E-state index contributed by atoms with van der Waals surface area (Å²) in [6.45, 7) is 4.76. The topological polar surface area (TPSA) is 43.6 Å². The van der Waals surface area contributed by atoms with Crippen molar-refractivity contribution in [1.29, 1.82) is 0 Å². The van der Waals surface area contributed by atoms with Crippen LogP contribution >= 0.6 is 39.0 Å². The maximum Gasteiger partial charge on any atom is 0.279 e. The van der Waals surface area contributed by atoms with E-state index in [1.807, 2.05) is 32.0 Å². The molecule has 0 atom stereocenters. The van der Waals surface area contributed by atoms with Crippen LogP contribution in [0.2, 0.25) is 0 Å². The van der Waals surface area contributed by atoms with Gasteiger partial charge in [0.05, 0.1) is 16.3 Å². The molecule has 3 rings (SSSR count). The highest BCUT2D eigenvalue weighted by atomic mass is 79.9. The van der Waals surface area contributed by atoms with Crippen LogP contribution in [-0.2, 0) is 6.54 Å². The summed E-state index contributed by atoms with van der Waals surface area (Å²) in [6.07, 6.45) is 2.18. The average Bonchev–Trinajstić information content (AvgIpc) is 2.96. The van der Waals surface area contributed by atoms with Crippen LogP contribution in [0, 0.1) is 0 Å². The van der Waals surface area contributed by atoms with Crippen LogP contribution < -0.4 is 9.54 Å². The molecule has 2 aromatic carbocycles. The Morgan fingerprint density at radius 1 is 1.26 bits per heavy atom. The lowest BCUT2D eigenvalue weighted by Gasteiger charge is -2.09. The van der Waals surface area contributed by atoms with Crippen molar-refractivity contribution < 1.29 is 9.53 Å². The molecule has 4 nitrogen and oxygen atoms in total. The van der Waals surface area contributed by atoms with Crippen LogP contribution in [0.15, 0.2) is 51.9 Å². The zero-order valence-electron chi connectivity index (χ0n) is 15.4. The lowest BCUT2D eigenvalue weighted by molar-refractivity contribution is 0.0998. The van der Waals surface area contributed by atoms with Crippen molar-refractivity contribution in [2.75, 3.05) is 12.0 Å². The minimum Gasteiger partial charge on any atom is -0.491 e. The molecule has 27 heavy (non-hydrogen) atoms. The van der Waals surface area contributed by atoms with Crippen molar-refractivity contribution >= 4 is 55.2 Å². The molecular weight excluding hydrogens is 444 g/mol. The van der Waals surface area contributed by atoms with Crippen molar-refractivity contribution in [2.24, 2.45) is 4.99 Å². The van der Waals surface area contributed by atoms with E-state index in [0.29, 0.717) is 5.56 Å². The van der Waals surface area contributed by atoms with Crippen LogP contribution in [0.1, 0.15) is 24.2 Å². The first kappa shape index (κ1) is 20.2. The lowest BCUT2D eigenvalue weighted by Crippen LogP contribution is -2.18. The van der Waals surface area contributed by atoms with Crippen LogP contribution in [0.25, 0.3) is 10.2 Å². The number of thiazole rings is 1. The number of benzene rings is 2. The zero-order valence-corrected chi connectivity index (χ0v) is 18.7. The summed E-state index contributed by atoms with van der Waals surface area (Å²) >= 11 is 6.82. The van der Waals surface area contributed by atoms with E-state index in [2.05, 4.69) is 43.9 Å². The van der Waals surface area contributed by atoms with Crippen molar-refractivity contribution in [3.05, 3.63) is 57.3 Å². The second-order valence-electron chi connectivity index (χ2n) is 6.25. The van der Waals surface area contributed by atoms with Gasteiger partial charge in [0.15, 0.2) is 4.80 Å². The van der Waals surface area contributed by atoms with Gasteiger partial charge in [-0.1, -0.05) is 27.3 Å². The molecule has 142 valence electrons. The molecule has 0 aliphatic rings. The fraction of sp³-hybridized carbons (Fsp3) is 0.300. The van der Waals surface area contributed by atoms with Crippen LogP contribution in [0.5, 0.6) is 5.75 Å². The summed E-state index contributed by atoms with van der Waals surface area (Å²) in [5.41, 5.74) is 1.66. The van der Waals surface area contributed by atoms with Crippen LogP contribution in [0.3, 0.4) is 0 Å². The average molecular weight is 465 g/mol. The first-order valence-electron chi connectivity index (χ1n) is 8.61. The quantitative estimate of drug-likeness (QED) is 0.493. The minimum atomic E-state index is -0.241.